The van der Waals surface area contributed by atoms with Gasteiger partial charge in [0.2, 0.25) is 0 Å². The molecular weight excluding hydrogens is 216 g/mol. The van der Waals surface area contributed by atoms with Crippen molar-refractivity contribution in [1.82, 2.24) is 0 Å². The minimum atomic E-state index is -2.60. The van der Waals surface area contributed by atoms with Crippen LogP contribution < -0.4 is 10.5 Å². The molecule has 2 N–H and O–H groups in total. The molecule has 90 valence electrons. The van der Waals surface area contributed by atoms with Crippen molar-refractivity contribution < 1.29 is 18.3 Å². The Morgan fingerprint density at radius 2 is 1.94 bits per heavy atom. The summed E-state index contributed by atoms with van der Waals surface area (Å²) in [5.74, 6) is 0.382. The number of alkyl halides is 2. The van der Waals surface area contributed by atoms with E-state index in [2.05, 4.69) is 0 Å². The van der Waals surface area contributed by atoms with Crippen LogP contribution in [0.4, 0.5) is 8.78 Å². The summed E-state index contributed by atoms with van der Waals surface area (Å²) in [6, 6.07) is 5.20. The molecule has 0 aromatic heterocycles. The minimum Gasteiger partial charge on any atom is -0.491 e. The fraction of sp³-hybridized carbons (Fsp3) is 0.455. The second kappa shape index (κ2) is 6.40. The number of para-hydroxylation sites is 1. The third kappa shape index (κ3) is 3.43. The summed E-state index contributed by atoms with van der Waals surface area (Å²) >= 11 is 0. The van der Waals surface area contributed by atoms with Gasteiger partial charge in [-0.3, -0.25) is 0 Å². The SMILES string of the molecule is COCCOc1ccccc1C(N)C(F)F. The molecule has 0 aliphatic heterocycles. The molecule has 0 bridgehead atoms. The van der Waals surface area contributed by atoms with Gasteiger partial charge in [-0.2, -0.15) is 0 Å². The average molecular weight is 231 g/mol. The number of rotatable bonds is 6. The van der Waals surface area contributed by atoms with Gasteiger partial charge in [0.25, 0.3) is 6.43 Å². The van der Waals surface area contributed by atoms with Gasteiger partial charge in [-0.15, -0.1) is 0 Å². The van der Waals surface area contributed by atoms with Gasteiger partial charge in [0.05, 0.1) is 12.6 Å². The van der Waals surface area contributed by atoms with E-state index < -0.39 is 12.5 Å². The summed E-state index contributed by atoms with van der Waals surface area (Å²) in [7, 11) is 1.54. The first kappa shape index (κ1) is 12.9. The van der Waals surface area contributed by atoms with Gasteiger partial charge in [0, 0.05) is 12.7 Å². The van der Waals surface area contributed by atoms with Crippen LogP contribution in [-0.2, 0) is 4.74 Å². The third-order valence-corrected chi connectivity index (χ3v) is 2.09. The van der Waals surface area contributed by atoms with Gasteiger partial charge < -0.3 is 15.2 Å². The van der Waals surface area contributed by atoms with E-state index in [0.29, 0.717) is 24.5 Å². The quantitative estimate of drug-likeness (QED) is 0.761. The van der Waals surface area contributed by atoms with E-state index in [-0.39, 0.29) is 0 Å². The molecule has 0 spiro atoms. The molecule has 3 nitrogen and oxygen atoms in total. The summed E-state index contributed by atoms with van der Waals surface area (Å²) in [5.41, 5.74) is 5.70. The summed E-state index contributed by atoms with van der Waals surface area (Å²) in [4.78, 5) is 0. The van der Waals surface area contributed by atoms with Crippen LogP contribution in [0.25, 0.3) is 0 Å². The van der Waals surface area contributed by atoms with Crippen molar-refractivity contribution in [2.45, 2.75) is 12.5 Å². The van der Waals surface area contributed by atoms with Crippen molar-refractivity contribution in [3.8, 4) is 5.75 Å². The zero-order valence-electron chi connectivity index (χ0n) is 9.03. The molecule has 0 saturated carbocycles. The number of halogens is 2. The highest BCUT2D eigenvalue weighted by Crippen LogP contribution is 2.27. The molecule has 0 aliphatic carbocycles. The van der Waals surface area contributed by atoms with Gasteiger partial charge in [-0.1, -0.05) is 18.2 Å². The Morgan fingerprint density at radius 3 is 2.56 bits per heavy atom. The molecule has 1 aromatic rings. The summed E-state index contributed by atoms with van der Waals surface area (Å²) in [6.45, 7) is 0.710. The lowest BCUT2D eigenvalue weighted by atomic mass is 10.1. The number of hydrogen-bond acceptors (Lipinski definition) is 3. The molecule has 1 unspecified atom stereocenters. The van der Waals surface area contributed by atoms with E-state index in [1.165, 1.54) is 0 Å². The molecule has 1 atom stereocenters. The molecular formula is C11H15F2NO2. The van der Waals surface area contributed by atoms with Crippen LogP contribution in [0.3, 0.4) is 0 Å². The number of nitrogens with two attached hydrogens (primary N) is 1. The van der Waals surface area contributed by atoms with E-state index in [9.17, 15) is 8.78 Å². The van der Waals surface area contributed by atoms with Crippen LogP contribution in [0.5, 0.6) is 5.75 Å². The maximum atomic E-state index is 12.5. The standard InChI is InChI=1S/C11H15F2NO2/c1-15-6-7-16-9-5-3-2-4-8(9)10(14)11(12)13/h2-5,10-11H,6-7,14H2,1H3. The first-order valence-electron chi connectivity index (χ1n) is 4.91. The van der Waals surface area contributed by atoms with Crippen LogP contribution in [0.15, 0.2) is 24.3 Å². The Labute approximate surface area is 93.2 Å². The van der Waals surface area contributed by atoms with Crippen molar-refractivity contribution in [3.63, 3.8) is 0 Å². The van der Waals surface area contributed by atoms with E-state index >= 15 is 0 Å². The summed E-state index contributed by atoms with van der Waals surface area (Å²) < 4.78 is 35.1. The molecule has 1 rings (SSSR count). The first-order chi connectivity index (χ1) is 7.66. The van der Waals surface area contributed by atoms with Gasteiger partial charge >= 0.3 is 0 Å². The van der Waals surface area contributed by atoms with Gasteiger partial charge in [0.1, 0.15) is 12.4 Å². The Kier molecular flexibility index (Phi) is 5.14. The number of ether oxygens (including phenoxy) is 2. The smallest absolute Gasteiger partial charge is 0.257 e. The zero-order chi connectivity index (χ0) is 12.0. The fourth-order valence-corrected chi connectivity index (χ4v) is 1.26. The molecule has 0 fully saturated rings. The highest BCUT2D eigenvalue weighted by Gasteiger charge is 2.20. The molecule has 5 heteroatoms. The molecule has 16 heavy (non-hydrogen) atoms. The van der Waals surface area contributed by atoms with Crippen molar-refractivity contribution in [2.75, 3.05) is 20.3 Å². The normalized spacial score (nSPS) is 12.8. The highest BCUT2D eigenvalue weighted by molar-refractivity contribution is 5.36. The van der Waals surface area contributed by atoms with Gasteiger partial charge in [-0.05, 0) is 6.07 Å². The Balaban J connectivity index is 2.75. The molecule has 0 saturated heterocycles. The first-order valence-corrected chi connectivity index (χ1v) is 4.91. The Hall–Kier alpha value is -1.20. The second-order valence-electron chi connectivity index (χ2n) is 3.24. The second-order valence-corrected chi connectivity index (χ2v) is 3.24. The van der Waals surface area contributed by atoms with E-state index in [1.54, 1.807) is 31.4 Å². The Morgan fingerprint density at radius 1 is 1.25 bits per heavy atom. The third-order valence-electron chi connectivity index (χ3n) is 2.09. The van der Waals surface area contributed by atoms with Crippen LogP contribution in [0.2, 0.25) is 0 Å². The van der Waals surface area contributed by atoms with Crippen LogP contribution in [0.1, 0.15) is 11.6 Å². The zero-order valence-corrected chi connectivity index (χ0v) is 9.03. The lowest BCUT2D eigenvalue weighted by Gasteiger charge is -2.16. The molecule has 0 amide bonds. The van der Waals surface area contributed by atoms with E-state index in [4.69, 9.17) is 15.2 Å². The number of methoxy groups -OCH3 is 1. The van der Waals surface area contributed by atoms with Gasteiger partial charge in [-0.25, -0.2) is 8.78 Å². The number of benzene rings is 1. The maximum Gasteiger partial charge on any atom is 0.257 e. The van der Waals surface area contributed by atoms with Crippen molar-refractivity contribution >= 4 is 0 Å². The van der Waals surface area contributed by atoms with Crippen molar-refractivity contribution in [1.29, 1.82) is 0 Å². The van der Waals surface area contributed by atoms with Crippen molar-refractivity contribution in [3.05, 3.63) is 29.8 Å². The molecule has 0 heterocycles. The summed E-state index contributed by atoms with van der Waals surface area (Å²) in [6.07, 6.45) is -2.60. The predicted molar refractivity (Wildman–Crippen MR) is 56.7 cm³/mol. The minimum absolute atomic E-state index is 0.309. The lowest BCUT2D eigenvalue weighted by Crippen LogP contribution is -2.20. The van der Waals surface area contributed by atoms with Crippen molar-refractivity contribution in [2.24, 2.45) is 5.73 Å². The molecule has 0 radical (unpaired) electrons. The van der Waals surface area contributed by atoms with E-state index in [1.807, 2.05) is 0 Å². The summed E-state index contributed by atoms with van der Waals surface area (Å²) in [5, 5.41) is 0. The van der Waals surface area contributed by atoms with Gasteiger partial charge in [0.15, 0.2) is 0 Å². The number of hydrogen-bond donors (Lipinski definition) is 1. The van der Waals surface area contributed by atoms with Crippen LogP contribution >= 0.6 is 0 Å². The predicted octanol–water partition coefficient (Wildman–Crippen LogP) is 1.98. The monoisotopic (exact) mass is 231 g/mol. The van der Waals surface area contributed by atoms with Crippen LogP contribution in [0, 0.1) is 0 Å². The highest BCUT2D eigenvalue weighted by atomic mass is 19.3. The average Bonchev–Trinajstić information content (AvgIpc) is 2.29. The molecule has 1 aromatic carbocycles. The largest absolute Gasteiger partial charge is 0.491 e. The fourth-order valence-electron chi connectivity index (χ4n) is 1.26. The lowest BCUT2D eigenvalue weighted by molar-refractivity contribution is 0.112. The maximum absolute atomic E-state index is 12.5. The molecule has 0 aliphatic rings. The topological polar surface area (TPSA) is 44.5 Å². The Bertz CT molecular complexity index is 321. The van der Waals surface area contributed by atoms with Crippen LogP contribution in [-0.4, -0.2) is 26.7 Å². The van der Waals surface area contributed by atoms with E-state index in [0.717, 1.165) is 0 Å².